The maximum atomic E-state index is 12.1. The molecule has 0 aliphatic carbocycles. The topological polar surface area (TPSA) is 86.3 Å². The van der Waals surface area contributed by atoms with Crippen LogP contribution in [0, 0.1) is 0 Å². The summed E-state index contributed by atoms with van der Waals surface area (Å²) >= 11 is 5.23. The highest BCUT2D eigenvalue weighted by atomic mass is 32.2. The number of ether oxygens (including phenoxy) is 1. The largest absolute Gasteiger partial charge is 0.379 e. The first-order valence-electron chi connectivity index (χ1n) is 8.72. The van der Waals surface area contributed by atoms with Gasteiger partial charge in [-0.2, -0.15) is 5.10 Å². The van der Waals surface area contributed by atoms with Crippen molar-refractivity contribution in [3.8, 4) is 0 Å². The normalized spacial score (nSPS) is 16.4. The quantitative estimate of drug-likeness (QED) is 0.381. The van der Waals surface area contributed by atoms with Crippen LogP contribution in [0.3, 0.4) is 0 Å². The number of benzene rings is 1. The van der Waals surface area contributed by atoms with Gasteiger partial charge in [-0.25, -0.2) is 12.7 Å². The van der Waals surface area contributed by atoms with Gasteiger partial charge in [0.25, 0.3) is 0 Å². The smallest absolute Gasteiger partial charge is 0.242 e. The van der Waals surface area contributed by atoms with Crippen molar-refractivity contribution >= 4 is 33.1 Å². The molecule has 0 atom stereocenters. The average Bonchev–Trinajstić information content (AvgIpc) is 2.67. The molecule has 8 nitrogen and oxygen atoms in total. The number of nitrogens with one attached hydrogen (secondary N) is 2. The summed E-state index contributed by atoms with van der Waals surface area (Å²) in [6.45, 7) is 6.91. The van der Waals surface area contributed by atoms with Gasteiger partial charge in [-0.3, -0.25) is 10.3 Å². The Bertz CT molecular complexity index is 757. The van der Waals surface area contributed by atoms with Crippen LogP contribution in [-0.4, -0.2) is 81.9 Å². The van der Waals surface area contributed by atoms with Crippen molar-refractivity contribution in [3.63, 3.8) is 0 Å². The number of morpholine rings is 1. The fraction of sp³-hybridized carbons (Fsp3) is 0.529. The third-order valence-electron chi connectivity index (χ3n) is 4.19. The maximum absolute atomic E-state index is 12.1. The van der Waals surface area contributed by atoms with E-state index in [9.17, 15) is 8.42 Å². The van der Waals surface area contributed by atoms with Crippen molar-refractivity contribution in [2.24, 2.45) is 5.10 Å². The lowest BCUT2D eigenvalue weighted by Crippen LogP contribution is -2.42. The van der Waals surface area contributed by atoms with Crippen LogP contribution in [0.1, 0.15) is 12.5 Å². The van der Waals surface area contributed by atoms with Gasteiger partial charge in [0, 0.05) is 40.3 Å². The summed E-state index contributed by atoms with van der Waals surface area (Å²) in [4.78, 5) is 2.56. The van der Waals surface area contributed by atoms with Gasteiger partial charge in [0.1, 0.15) is 0 Å². The Morgan fingerprint density at radius 1 is 1.26 bits per heavy atom. The molecule has 0 saturated carbocycles. The zero-order chi connectivity index (χ0) is 19.9. The number of sulfonamides is 1. The van der Waals surface area contributed by atoms with E-state index in [1.165, 1.54) is 18.4 Å². The third kappa shape index (κ3) is 6.51. The van der Waals surface area contributed by atoms with Gasteiger partial charge in [-0.05, 0) is 36.8 Å². The van der Waals surface area contributed by atoms with Crippen molar-refractivity contribution in [1.82, 2.24) is 19.9 Å². The molecule has 0 spiro atoms. The standard InChI is InChI=1S/C17H27N5O3S2/c1-14(15-4-6-16(7-5-15)27(23,24)21(2)3)19-20-17(26)18-8-9-22-10-12-25-13-11-22/h4-7H,8-13H2,1-3H3,(H2,18,20,26)/b19-14-. The van der Waals surface area contributed by atoms with Gasteiger partial charge >= 0.3 is 0 Å². The third-order valence-corrected chi connectivity index (χ3v) is 6.26. The number of hydrogen-bond donors (Lipinski definition) is 2. The van der Waals surface area contributed by atoms with Gasteiger partial charge < -0.3 is 10.1 Å². The minimum Gasteiger partial charge on any atom is -0.379 e. The predicted octanol–water partition coefficient (Wildman–Crippen LogP) is 0.457. The summed E-state index contributed by atoms with van der Waals surface area (Å²) in [7, 11) is -0.416. The molecule has 2 rings (SSSR count). The molecule has 150 valence electrons. The second-order valence-corrected chi connectivity index (χ2v) is 8.89. The van der Waals surface area contributed by atoms with E-state index in [2.05, 4.69) is 20.7 Å². The summed E-state index contributed by atoms with van der Waals surface area (Å²) in [5, 5.41) is 7.83. The lowest BCUT2D eigenvalue weighted by Gasteiger charge is -2.26. The molecular formula is C17H27N5O3S2. The van der Waals surface area contributed by atoms with Crippen LogP contribution in [0.25, 0.3) is 0 Å². The van der Waals surface area contributed by atoms with Gasteiger partial charge in [0.15, 0.2) is 5.11 Å². The molecule has 0 aromatic heterocycles. The van der Waals surface area contributed by atoms with Crippen LogP contribution in [0.15, 0.2) is 34.3 Å². The summed E-state index contributed by atoms with van der Waals surface area (Å²) in [6.07, 6.45) is 0. The molecule has 1 fully saturated rings. The fourth-order valence-electron chi connectivity index (χ4n) is 2.47. The van der Waals surface area contributed by atoms with Gasteiger partial charge in [0.2, 0.25) is 10.0 Å². The molecule has 1 aliphatic rings. The number of thiocarbonyl (C=S) groups is 1. The molecule has 10 heteroatoms. The Hall–Kier alpha value is -1.59. The molecule has 27 heavy (non-hydrogen) atoms. The van der Waals surface area contributed by atoms with Crippen LogP contribution in [0.4, 0.5) is 0 Å². The van der Waals surface area contributed by atoms with Gasteiger partial charge in [-0.1, -0.05) is 12.1 Å². The fourth-order valence-corrected chi connectivity index (χ4v) is 3.52. The predicted molar refractivity (Wildman–Crippen MR) is 111 cm³/mol. The number of rotatable bonds is 7. The number of hydrogen-bond acceptors (Lipinski definition) is 6. The van der Waals surface area contributed by atoms with Gasteiger partial charge in [-0.15, -0.1) is 0 Å². The zero-order valence-electron chi connectivity index (χ0n) is 15.9. The molecule has 0 amide bonds. The van der Waals surface area contributed by atoms with Crippen molar-refractivity contribution in [1.29, 1.82) is 0 Å². The number of nitrogens with zero attached hydrogens (tertiary/aromatic N) is 3. The lowest BCUT2D eigenvalue weighted by molar-refractivity contribution is 0.0389. The molecule has 1 heterocycles. The Morgan fingerprint density at radius 2 is 1.89 bits per heavy atom. The van der Waals surface area contributed by atoms with Crippen molar-refractivity contribution in [2.75, 3.05) is 53.5 Å². The summed E-state index contributed by atoms with van der Waals surface area (Å²) in [5.74, 6) is 0. The van der Waals surface area contributed by atoms with Crippen molar-refractivity contribution in [3.05, 3.63) is 29.8 Å². The second-order valence-electron chi connectivity index (χ2n) is 6.33. The van der Waals surface area contributed by atoms with E-state index in [0.29, 0.717) is 10.8 Å². The Morgan fingerprint density at radius 3 is 2.48 bits per heavy atom. The molecule has 2 N–H and O–H groups in total. The highest BCUT2D eigenvalue weighted by Crippen LogP contribution is 2.14. The summed E-state index contributed by atoms with van der Waals surface area (Å²) in [5.41, 5.74) is 4.35. The van der Waals surface area contributed by atoms with Gasteiger partial charge in [0.05, 0.1) is 23.8 Å². The molecule has 0 bridgehead atoms. The molecule has 0 unspecified atom stereocenters. The molecule has 1 aliphatic heterocycles. The molecule has 0 radical (unpaired) electrons. The Balaban J connectivity index is 1.83. The average molecular weight is 414 g/mol. The van der Waals surface area contributed by atoms with E-state index in [4.69, 9.17) is 17.0 Å². The van der Waals surface area contributed by atoms with E-state index in [1.807, 2.05) is 6.92 Å². The zero-order valence-corrected chi connectivity index (χ0v) is 17.6. The lowest BCUT2D eigenvalue weighted by atomic mass is 10.1. The number of hydrazone groups is 1. The van der Waals surface area contributed by atoms with Crippen LogP contribution in [0.5, 0.6) is 0 Å². The van der Waals surface area contributed by atoms with E-state index in [1.54, 1.807) is 24.3 Å². The monoisotopic (exact) mass is 413 g/mol. The molecule has 1 aromatic rings. The van der Waals surface area contributed by atoms with Crippen LogP contribution in [0.2, 0.25) is 0 Å². The van der Waals surface area contributed by atoms with Crippen LogP contribution >= 0.6 is 12.2 Å². The Labute approximate surface area is 166 Å². The minimum absolute atomic E-state index is 0.248. The van der Waals surface area contributed by atoms with E-state index in [0.717, 1.165) is 45.0 Å². The highest BCUT2D eigenvalue weighted by Gasteiger charge is 2.16. The molecule has 1 saturated heterocycles. The summed E-state index contributed by atoms with van der Waals surface area (Å²) in [6, 6.07) is 6.60. The first-order valence-corrected chi connectivity index (χ1v) is 10.6. The van der Waals surface area contributed by atoms with E-state index >= 15 is 0 Å². The van der Waals surface area contributed by atoms with Crippen LogP contribution in [-0.2, 0) is 14.8 Å². The first kappa shape index (κ1) is 21.7. The van der Waals surface area contributed by atoms with Crippen molar-refractivity contribution in [2.45, 2.75) is 11.8 Å². The first-order chi connectivity index (χ1) is 12.8. The minimum atomic E-state index is -3.43. The maximum Gasteiger partial charge on any atom is 0.242 e. The van der Waals surface area contributed by atoms with E-state index < -0.39 is 10.0 Å². The molecule has 1 aromatic carbocycles. The SMILES string of the molecule is C/C(=N/NC(=S)NCCN1CCOCC1)c1ccc(S(=O)(=O)N(C)C)cc1. The van der Waals surface area contributed by atoms with Crippen molar-refractivity contribution < 1.29 is 13.2 Å². The second kappa shape index (κ2) is 10.1. The summed E-state index contributed by atoms with van der Waals surface area (Å²) < 4.78 is 30.7. The van der Waals surface area contributed by atoms with E-state index in [-0.39, 0.29) is 4.90 Å². The molecular weight excluding hydrogens is 386 g/mol. The van der Waals surface area contributed by atoms with Crippen LogP contribution < -0.4 is 10.7 Å². The highest BCUT2D eigenvalue weighted by molar-refractivity contribution is 7.89. The Kier molecular flexibility index (Phi) is 8.11.